The summed E-state index contributed by atoms with van der Waals surface area (Å²) >= 11 is 0. The number of benzene rings is 2. The Morgan fingerprint density at radius 2 is 1.61 bits per heavy atom. The lowest BCUT2D eigenvalue weighted by molar-refractivity contribution is -0.130. The lowest BCUT2D eigenvalue weighted by Crippen LogP contribution is -2.50. The van der Waals surface area contributed by atoms with Crippen molar-refractivity contribution in [2.45, 2.75) is 38.9 Å². The van der Waals surface area contributed by atoms with Crippen LogP contribution in [0.1, 0.15) is 47.3 Å². The van der Waals surface area contributed by atoms with Gasteiger partial charge < -0.3 is 21.7 Å². The van der Waals surface area contributed by atoms with Crippen molar-refractivity contribution in [2.75, 3.05) is 19.6 Å². The van der Waals surface area contributed by atoms with E-state index >= 15 is 0 Å². The first-order valence-corrected chi connectivity index (χ1v) is 10.7. The fourth-order valence-electron chi connectivity index (χ4n) is 3.39. The summed E-state index contributed by atoms with van der Waals surface area (Å²) in [5.74, 6) is 4.99. The third-order valence-corrected chi connectivity index (χ3v) is 5.35. The molecule has 0 saturated carbocycles. The largest absolute Gasteiger partial charge is 0.339 e. The standard InChI is InChI=1S/C24H29N5O3.CH4/c25-15-22(24(31)29-32)28-23(30)20-9-7-18(8-10-20)2-1-17-3-5-19(6-4-17)16-27-21-11-13-26-14-12-21;/h3-10,21-22,26-27,32H,11-16,25H2,(H,28,30)(H,29,31);1H4/t22-;/m0./s1. The van der Waals surface area contributed by atoms with Gasteiger partial charge in [-0.3, -0.25) is 14.8 Å². The van der Waals surface area contributed by atoms with Gasteiger partial charge in [0.2, 0.25) is 0 Å². The van der Waals surface area contributed by atoms with E-state index in [-0.39, 0.29) is 14.0 Å². The molecule has 1 aliphatic heterocycles. The average Bonchev–Trinajstić information content (AvgIpc) is 2.85. The Hall–Kier alpha value is -3.22. The monoisotopic (exact) mass is 451 g/mol. The van der Waals surface area contributed by atoms with Gasteiger partial charge in [0, 0.05) is 35.8 Å². The molecule has 1 saturated heterocycles. The third-order valence-electron chi connectivity index (χ3n) is 5.35. The van der Waals surface area contributed by atoms with Crippen LogP contribution in [0.5, 0.6) is 0 Å². The SMILES string of the molecule is C.NC[C@H](NC(=O)c1ccc(C#Cc2ccc(CNC3CCNCC3)cc2)cc1)C(=O)NO. The number of piperidine rings is 1. The normalized spacial score (nSPS) is 14.2. The molecule has 1 aliphatic rings. The lowest BCUT2D eigenvalue weighted by atomic mass is 10.1. The predicted molar refractivity (Wildman–Crippen MR) is 129 cm³/mol. The minimum Gasteiger partial charge on any atom is -0.339 e. The molecule has 2 amide bonds. The van der Waals surface area contributed by atoms with Gasteiger partial charge in [0.25, 0.3) is 11.8 Å². The van der Waals surface area contributed by atoms with Gasteiger partial charge in [-0.1, -0.05) is 31.4 Å². The number of nitrogens with two attached hydrogens (primary N) is 1. The van der Waals surface area contributed by atoms with E-state index in [2.05, 4.69) is 39.9 Å². The average molecular weight is 452 g/mol. The van der Waals surface area contributed by atoms with E-state index in [0.717, 1.165) is 43.6 Å². The van der Waals surface area contributed by atoms with Crippen LogP contribution in [0.4, 0.5) is 0 Å². The molecule has 1 atom stereocenters. The number of rotatable bonds is 7. The molecule has 0 radical (unpaired) electrons. The lowest BCUT2D eigenvalue weighted by Gasteiger charge is -2.23. The Labute approximate surface area is 195 Å². The number of hydrogen-bond acceptors (Lipinski definition) is 6. The van der Waals surface area contributed by atoms with Crippen LogP contribution in [0, 0.1) is 11.8 Å². The van der Waals surface area contributed by atoms with Gasteiger partial charge in [0.05, 0.1) is 0 Å². The number of hydroxylamine groups is 1. The molecular formula is C25H33N5O3. The highest BCUT2D eigenvalue weighted by Gasteiger charge is 2.19. The zero-order chi connectivity index (χ0) is 22.8. The molecule has 0 spiro atoms. The Morgan fingerprint density at radius 1 is 1.03 bits per heavy atom. The minimum atomic E-state index is -1.01. The number of nitrogens with one attached hydrogen (secondary N) is 4. The smallest absolute Gasteiger partial charge is 0.267 e. The number of hydrogen-bond donors (Lipinski definition) is 6. The van der Waals surface area contributed by atoms with Crippen LogP contribution in [0.25, 0.3) is 0 Å². The molecule has 8 nitrogen and oxygen atoms in total. The van der Waals surface area contributed by atoms with Crippen LogP contribution < -0.4 is 27.2 Å². The van der Waals surface area contributed by atoms with Gasteiger partial charge in [-0.05, 0) is 67.9 Å². The zero-order valence-electron chi connectivity index (χ0n) is 17.9. The molecule has 33 heavy (non-hydrogen) atoms. The summed E-state index contributed by atoms with van der Waals surface area (Å²) in [4.78, 5) is 23.7. The molecular weight excluding hydrogens is 418 g/mol. The van der Waals surface area contributed by atoms with Crippen LogP contribution in [0.2, 0.25) is 0 Å². The number of carbonyl (C=O) groups is 2. The Bertz CT molecular complexity index is 958. The van der Waals surface area contributed by atoms with Crippen molar-refractivity contribution in [1.29, 1.82) is 0 Å². The highest BCUT2D eigenvalue weighted by atomic mass is 16.5. The summed E-state index contributed by atoms with van der Waals surface area (Å²) in [6.45, 7) is 2.88. The second kappa shape index (κ2) is 13.4. The van der Waals surface area contributed by atoms with Crippen LogP contribution in [0.3, 0.4) is 0 Å². The Morgan fingerprint density at radius 3 is 2.15 bits per heavy atom. The summed E-state index contributed by atoms with van der Waals surface area (Å²) in [6, 6.07) is 14.5. The maximum Gasteiger partial charge on any atom is 0.267 e. The van der Waals surface area contributed by atoms with Gasteiger partial charge in [-0.2, -0.15) is 0 Å². The van der Waals surface area contributed by atoms with Gasteiger partial charge in [-0.15, -0.1) is 0 Å². The van der Waals surface area contributed by atoms with Crippen LogP contribution in [-0.4, -0.2) is 48.7 Å². The first kappa shape index (κ1) is 26.0. The molecule has 0 unspecified atom stereocenters. The fraction of sp³-hybridized carbons (Fsp3) is 0.360. The second-order valence-electron chi connectivity index (χ2n) is 7.67. The maximum atomic E-state index is 12.2. The van der Waals surface area contributed by atoms with E-state index in [1.807, 2.05) is 12.1 Å². The first-order valence-electron chi connectivity index (χ1n) is 10.7. The number of carbonyl (C=O) groups excluding carboxylic acids is 2. The van der Waals surface area contributed by atoms with E-state index in [0.29, 0.717) is 11.6 Å². The quantitative estimate of drug-likeness (QED) is 0.213. The van der Waals surface area contributed by atoms with Crippen molar-refractivity contribution in [2.24, 2.45) is 5.73 Å². The predicted octanol–water partition coefficient (Wildman–Crippen LogP) is 1.13. The first-order chi connectivity index (χ1) is 15.6. The Kier molecular flexibility index (Phi) is 10.5. The van der Waals surface area contributed by atoms with Crippen molar-refractivity contribution < 1.29 is 14.8 Å². The fourth-order valence-corrected chi connectivity index (χ4v) is 3.39. The van der Waals surface area contributed by atoms with Crippen LogP contribution >= 0.6 is 0 Å². The van der Waals surface area contributed by atoms with Gasteiger partial charge in [0.1, 0.15) is 6.04 Å². The summed E-state index contributed by atoms with van der Waals surface area (Å²) in [5.41, 5.74) is 10.2. The second-order valence-corrected chi connectivity index (χ2v) is 7.67. The maximum absolute atomic E-state index is 12.2. The van der Waals surface area contributed by atoms with Crippen molar-refractivity contribution in [3.63, 3.8) is 0 Å². The summed E-state index contributed by atoms with van der Waals surface area (Å²) < 4.78 is 0. The molecule has 2 aromatic rings. The van der Waals surface area contributed by atoms with Crippen LogP contribution in [0.15, 0.2) is 48.5 Å². The highest BCUT2D eigenvalue weighted by Crippen LogP contribution is 2.08. The zero-order valence-corrected chi connectivity index (χ0v) is 17.9. The minimum absolute atomic E-state index is 0. The highest BCUT2D eigenvalue weighted by molar-refractivity contribution is 5.97. The van der Waals surface area contributed by atoms with E-state index < -0.39 is 17.9 Å². The molecule has 3 rings (SSSR count). The molecule has 0 aromatic heterocycles. The van der Waals surface area contributed by atoms with Crippen LogP contribution in [-0.2, 0) is 11.3 Å². The van der Waals surface area contributed by atoms with E-state index in [1.54, 1.807) is 24.3 Å². The summed E-state index contributed by atoms with van der Waals surface area (Å²) in [5, 5.41) is 18.1. The van der Waals surface area contributed by atoms with Gasteiger partial charge in [0.15, 0.2) is 0 Å². The van der Waals surface area contributed by atoms with Crippen molar-refractivity contribution in [3.05, 3.63) is 70.8 Å². The molecule has 176 valence electrons. The third kappa shape index (κ3) is 8.00. The van der Waals surface area contributed by atoms with Crippen molar-refractivity contribution in [3.8, 4) is 11.8 Å². The molecule has 8 heteroatoms. The van der Waals surface area contributed by atoms with Crippen molar-refractivity contribution >= 4 is 11.8 Å². The van der Waals surface area contributed by atoms with E-state index in [4.69, 9.17) is 10.9 Å². The van der Waals surface area contributed by atoms with Gasteiger partial charge in [-0.25, -0.2) is 5.48 Å². The summed E-state index contributed by atoms with van der Waals surface area (Å²) in [7, 11) is 0. The van der Waals surface area contributed by atoms with Gasteiger partial charge >= 0.3 is 0 Å². The Balaban J connectivity index is 0.00000385. The molecule has 2 aromatic carbocycles. The molecule has 1 heterocycles. The molecule has 0 aliphatic carbocycles. The van der Waals surface area contributed by atoms with E-state index in [1.165, 1.54) is 11.0 Å². The molecule has 1 fully saturated rings. The molecule has 0 bridgehead atoms. The van der Waals surface area contributed by atoms with Crippen molar-refractivity contribution in [1.82, 2.24) is 21.4 Å². The van der Waals surface area contributed by atoms with E-state index in [9.17, 15) is 9.59 Å². The molecule has 7 N–H and O–H groups in total. The summed E-state index contributed by atoms with van der Waals surface area (Å²) in [6.07, 6.45) is 2.32. The topological polar surface area (TPSA) is 129 Å². The number of amides is 2.